The van der Waals surface area contributed by atoms with Crippen molar-refractivity contribution >= 4 is 0 Å². The van der Waals surface area contributed by atoms with Crippen LogP contribution in [0.1, 0.15) is 50.6 Å². The molecule has 134 valence electrons. The maximum absolute atomic E-state index is 6.12. The quantitative estimate of drug-likeness (QED) is 0.792. The number of hydrogen-bond donors (Lipinski definition) is 0. The summed E-state index contributed by atoms with van der Waals surface area (Å²) < 4.78 is 17.2. The van der Waals surface area contributed by atoms with Crippen molar-refractivity contribution in [3.8, 4) is 5.75 Å². The Balaban J connectivity index is 1.43. The predicted octanol–water partition coefficient (Wildman–Crippen LogP) is 3.81. The van der Waals surface area contributed by atoms with Gasteiger partial charge in [0.15, 0.2) is 0 Å². The monoisotopic (exact) mass is 333 g/mol. The van der Waals surface area contributed by atoms with Crippen LogP contribution < -0.4 is 4.74 Å². The Morgan fingerprint density at radius 2 is 2.04 bits per heavy atom. The zero-order valence-electron chi connectivity index (χ0n) is 15.1. The Morgan fingerprint density at radius 1 is 1.21 bits per heavy atom. The van der Waals surface area contributed by atoms with E-state index in [9.17, 15) is 0 Å². The van der Waals surface area contributed by atoms with Crippen LogP contribution in [0.3, 0.4) is 0 Å². The van der Waals surface area contributed by atoms with E-state index in [4.69, 9.17) is 14.2 Å². The SMILES string of the molecule is COc1cccc([C@@H](C)N2CCC(OC[C@@H]3CCCCO3)CC2)c1. The van der Waals surface area contributed by atoms with Gasteiger partial charge in [0.2, 0.25) is 0 Å². The Hall–Kier alpha value is -1.10. The molecular formula is C20H31NO3. The fraction of sp³-hybridized carbons (Fsp3) is 0.700. The summed E-state index contributed by atoms with van der Waals surface area (Å²) in [6, 6.07) is 8.83. The molecule has 0 radical (unpaired) electrons. The van der Waals surface area contributed by atoms with Gasteiger partial charge in [-0.1, -0.05) is 12.1 Å². The molecule has 4 heteroatoms. The second-order valence-electron chi connectivity index (χ2n) is 7.01. The van der Waals surface area contributed by atoms with E-state index in [2.05, 4.69) is 30.0 Å². The van der Waals surface area contributed by atoms with Gasteiger partial charge in [-0.2, -0.15) is 0 Å². The fourth-order valence-corrected chi connectivity index (χ4v) is 3.72. The number of likely N-dealkylation sites (tertiary alicyclic amines) is 1. The summed E-state index contributed by atoms with van der Waals surface area (Å²) in [7, 11) is 1.72. The summed E-state index contributed by atoms with van der Waals surface area (Å²) in [6.45, 7) is 6.15. The minimum atomic E-state index is 0.326. The van der Waals surface area contributed by atoms with E-state index in [0.717, 1.165) is 51.3 Å². The van der Waals surface area contributed by atoms with E-state index in [1.165, 1.54) is 18.4 Å². The predicted molar refractivity (Wildman–Crippen MR) is 95.5 cm³/mol. The Kier molecular flexibility index (Phi) is 6.52. The van der Waals surface area contributed by atoms with Gasteiger partial charge in [-0.15, -0.1) is 0 Å². The molecule has 0 aliphatic carbocycles. The summed E-state index contributed by atoms with van der Waals surface area (Å²) in [4.78, 5) is 2.55. The standard InChI is InChI=1S/C20H31NO3/c1-16(17-6-5-8-19(14-17)22-2)21-11-9-18(10-12-21)24-15-20-7-3-4-13-23-20/h5-6,8,14,16,18,20H,3-4,7,9-13,15H2,1-2H3/t16-,20+/m1/s1. The maximum atomic E-state index is 6.12. The number of rotatable bonds is 6. The highest BCUT2D eigenvalue weighted by atomic mass is 16.5. The van der Waals surface area contributed by atoms with Crippen molar-refractivity contribution in [2.75, 3.05) is 33.4 Å². The smallest absolute Gasteiger partial charge is 0.119 e. The summed E-state index contributed by atoms with van der Waals surface area (Å²) in [5.41, 5.74) is 1.32. The van der Waals surface area contributed by atoms with Crippen LogP contribution in [0.4, 0.5) is 0 Å². The van der Waals surface area contributed by atoms with E-state index in [1.54, 1.807) is 7.11 Å². The van der Waals surface area contributed by atoms with Gasteiger partial charge >= 0.3 is 0 Å². The minimum absolute atomic E-state index is 0.326. The molecule has 3 rings (SSSR count). The third kappa shape index (κ3) is 4.71. The minimum Gasteiger partial charge on any atom is -0.497 e. The summed E-state index contributed by atoms with van der Waals surface area (Å²) >= 11 is 0. The Morgan fingerprint density at radius 3 is 2.75 bits per heavy atom. The third-order valence-electron chi connectivity index (χ3n) is 5.39. The lowest BCUT2D eigenvalue weighted by molar-refractivity contribution is -0.0768. The molecule has 0 aromatic heterocycles. The third-order valence-corrected chi connectivity index (χ3v) is 5.39. The van der Waals surface area contributed by atoms with Crippen molar-refractivity contribution in [1.82, 2.24) is 4.90 Å². The number of hydrogen-bond acceptors (Lipinski definition) is 4. The highest BCUT2D eigenvalue weighted by molar-refractivity contribution is 5.30. The molecule has 2 aliphatic heterocycles. The topological polar surface area (TPSA) is 30.9 Å². The lowest BCUT2D eigenvalue weighted by Crippen LogP contribution is -2.39. The van der Waals surface area contributed by atoms with E-state index < -0.39 is 0 Å². The highest BCUT2D eigenvalue weighted by Crippen LogP contribution is 2.27. The molecule has 2 fully saturated rings. The number of piperidine rings is 1. The van der Waals surface area contributed by atoms with Gasteiger partial charge in [0.05, 0.1) is 25.9 Å². The summed E-state index contributed by atoms with van der Waals surface area (Å²) in [6.07, 6.45) is 6.59. The van der Waals surface area contributed by atoms with Crippen molar-refractivity contribution < 1.29 is 14.2 Å². The molecule has 2 saturated heterocycles. The van der Waals surface area contributed by atoms with Crippen molar-refractivity contribution in [2.45, 2.75) is 57.3 Å². The Bertz CT molecular complexity index is 493. The van der Waals surface area contributed by atoms with Gasteiger partial charge in [0.25, 0.3) is 0 Å². The van der Waals surface area contributed by atoms with Gasteiger partial charge in [0, 0.05) is 25.7 Å². The van der Waals surface area contributed by atoms with Crippen LogP contribution in [0.25, 0.3) is 0 Å². The van der Waals surface area contributed by atoms with Crippen LogP contribution in [0.15, 0.2) is 24.3 Å². The van der Waals surface area contributed by atoms with Crippen LogP contribution in [0, 0.1) is 0 Å². The first-order chi connectivity index (χ1) is 11.8. The molecule has 0 spiro atoms. The molecular weight excluding hydrogens is 302 g/mol. The first kappa shape index (κ1) is 17.7. The van der Waals surface area contributed by atoms with E-state index in [0.29, 0.717) is 18.2 Å². The molecule has 0 bridgehead atoms. The molecule has 0 unspecified atom stereocenters. The first-order valence-electron chi connectivity index (χ1n) is 9.37. The zero-order valence-corrected chi connectivity index (χ0v) is 15.1. The molecule has 1 aromatic carbocycles. The van der Waals surface area contributed by atoms with E-state index >= 15 is 0 Å². The van der Waals surface area contributed by atoms with Gasteiger partial charge < -0.3 is 14.2 Å². The molecule has 1 aromatic rings. The van der Waals surface area contributed by atoms with Crippen LogP contribution in [-0.4, -0.2) is 50.5 Å². The lowest BCUT2D eigenvalue weighted by Gasteiger charge is -2.36. The summed E-state index contributed by atoms with van der Waals surface area (Å²) in [5.74, 6) is 0.935. The number of ether oxygens (including phenoxy) is 3. The van der Waals surface area contributed by atoms with Gasteiger partial charge in [-0.05, 0) is 56.7 Å². The zero-order chi connectivity index (χ0) is 16.8. The normalized spacial score (nSPS) is 24.7. The van der Waals surface area contributed by atoms with Crippen LogP contribution in [-0.2, 0) is 9.47 Å². The Labute approximate surface area is 146 Å². The average Bonchev–Trinajstić information content (AvgIpc) is 2.67. The number of nitrogens with zero attached hydrogens (tertiary/aromatic N) is 1. The van der Waals surface area contributed by atoms with Gasteiger partial charge in [-0.3, -0.25) is 4.90 Å². The number of benzene rings is 1. The first-order valence-corrected chi connectivity index (χ1v) is 9.37. The molecule has 4 nitrogen and oxygen atoms in total. The largest absolute Gasteiger partial charge is 0.497 e. The molecule has 0 N–H and O–H groups in total. The van der Waals surface area contributed by atoms with Crippen LogP contribution in [0.2, 0.25) is 0 Å². The van der Waals surface area contributed by atoms with Crippen molar-refractivity contribution in [2.24, 2.45) is 0 Å². The lowest BCUT2D eigenvalue weighted by atomic mass is 10.0. The summed E-state index contributed by atoms with van der Waals surface area (Å²) in [5, 5.41) is 0. The maximum Gasteiger partial charge on any atom is 0.119 e. The van der Waals surface area contributed by atoms with E-state index in [1.807, 2.05) is 6.07 Å². The fourth-order valence-electron chi connectivity index (χ4n) is 3.72. The molecule has 0 amide bonds. The molecule has 2 heterocycles. The van der Waals surface area contributed by atoms with Crippen molar-refractivity contribution in [3.63, 3.8) is 0 Å². The van der Waals surface area contributed by atoms with Crippen molar-refractivity contribution in [1.29, 1.82) is 0 Å². The average molecular weight is 333 g/mol. The second-order valence-corrected chi connectivity index (χ2v) is 7.01. The van der Waals surface area contributed by atoms with Gasteiger partial charge in [0.1, 0.15) is 5.75 Å². The molecule has 0 saturated carbocycles. The van der Waals surface area contributed by atoms with Gasteiger partial charge in [-0.25, -0.2) is 0 Å². The number of methoxy groups -OCH3 is 1. The van der Waals surface area contributed by atoms with Crippen LogP contribution in [0.5, 0.6) is 5.75 Å². The van der Waals surface area contributed by atoms with E-state index in [-0.39, 0.29) is 0 Å². The molecule has 2 atom stereocenters. The van der Waals surface area contributed by atoms with Crippen molar-refractivity contribution in [3.05, 3.63) is 29.8 Å². The molecule has 24 heavy (non-hydrogen) atoms. The second kappa shape index (κ2) is 8.84. The molecule has 2 aliphatic rings. The highest BCUT2D eigenvalue weighted by Gasteiger charge is 2.25. The van der Waals surface area contributed by atoms with Crippen LogP contribution >= 0.6 is 0 Å².